The first kappa shape index (κ1) is 8.16. The van der Waals surface area contributed by atoms with Gasteiger partial charge in [-0.3, -0.25) is 0 Å². The largest absolute Gasteiger partial charge is 0.0465 e. The van der Waals surface area contributed by atoms with E-state index in [-0.39, 0.29) is 0 Å². The van der Waals surface area contributed by atoms with Crippen molar-refractivity contribution in [3.8, 4) is 0 Å². The summed E-state index contributed by atoms with van der Waals surface area (Å²) in [6.45, 7) is 0. The molecule has 6 rings (SSSR count). The first-order valence-electron chi connectivity index (χ1n) is 7.74. The van der Waals surface area contributed by atoms with Crippen LogP contribution in [-0.2, 0) is 0 Å². The highest BCUT2D eigenvalue weighted by atomic mass is 15.0. The first-order chi connectivity index (χ1) is 7.74. The van der Waals surface area contributed by atoms with E-state index >= 15 is 0 Å². The van der Waals surface area contributed by atoms with Crippen molar-refractivity contribution in [2.24, 2.45) is 27.1 Å². The minimum Gasteiger partial charge on any atom is -0.0465 e. The predicted molar refractivity (Wildman–Crippen MR) is 63.0 cm³/mol. The number of hydrogen-bond donors (Lipinski definition) is 0. The second-order valence-corrected chi connectivity index (χ2v) is 8.48. The Morgan fingerprint density at radius 2 is 0.812 bits per heavy atom. The highest BCUT2D eigenvalue weighted by molar-refractivity contribution is 5.44. The van der Waals surface area contributed by atoms with Crippen LogP contribution in [0.2, 0.25) is 0 Å². The normalized spacial score (nSPS) is 46.5. The molecule has 5 spiro atoms. The smallest absolute Gasteiger partial charge is 0.0168 e. The number of fused-ring (bicyclic) bond motifs is 4. The third-order valence-corrected chi connectivity index (χ3v) is 8.69. The van der Waals surface area contributed by atoms with Crippen LogP contribution in [0, 0.1) is 27.1 Å². The lowest BCUT2D eigenvalue weighted by Gasteiger charge is -2.39. The van der Waals surface area contributed by atoms with Gasteiger partial charge in [0.05, 0.1) is 0 Å². The maximum atomic E-state index is 1.71. The Hall–Kier alpha value is 0. The summed E-state index contributed by atoms with van der Waals surface area (Å²) in [5.74, 6) is 0. The van der Waals surface area contributed by atoms with Gasteiger partial charge in [0.15, 0.2) is 0 Å². The van der Waals surface area contributed by atoms with Crippen molar-refractivity contribution in [3.63, 3.8) is 0 Å². The SMILES string of the molecule is C1CC12CCC1(CC23CC3)C2(CC2)C12CC2. The molecule has 0 amide bonds. The van der Waals surface area contributed by atoms with Crippen molar-refractivity contribution in [1.82, 2.24) is 0 Å². The molecule has 0 aromatic heterocycles. The van der Waals surface area contributed by atoms with Gasteiger partial charge in [-0.05, 0) is 97.7 Å². The van der Waals surface area contributed by atoms with Crippen LogP contribution in [0.25, 0.3) is 0 Å². The Morgan fingerprint density at radius 3 is 1.25 bits per heavy atom. The van der Waals surface area contributed by atoms with Gasteiger partial charge in [0.2, 0.25) is 0 Å². The fourth-order valence-electron chi connectivity index (χ4n) is 7.36. The van der Waals surface area contributed by atoms with E-state index in [2.05, 4.69) is 0 Å². The predicted octanol–water partition coefficient (Wildman–Crippen LogP) is 4.29. The Labute approximate surface area is 98.2 Å². The van der Waals surface area contributed by atoms with Crippen molar-refractivity contribution in [1.29, 1.82) is 0 Å². The van der Waals surface area contributed by atoms with E-state index in [1.165, 1.54) is 0 Å². The summed E-state index contributed by atoms with van der Waals surface area (Å²) in [6.07, 6.45) is 18.0. The molecule has 86 valence electrons. The molecule has 0 atom stereocenters. The third-order valence-electron chi connectivity index (χ3n) is 8.69. The molecule has 0 N–H and O–H groups in total. The van der Waals surface area contributed by atoms with Crippen LogP contribution in [-0.4, -0.2) is 0 Å². The molecule has 6 aliphatic rings. The standard InChI is InChI=1S/C16H22/c1-2-12(1)5-6-16(11-13(12)3-4-13)14(7-8-14)15(16)9-10-15/h1-11H2. The summed E-state index contributed by atoms with van der Waals surface area (Å²) in [6, 6.07) is 0. The average Bonchev–Trinajstić information content (AvgIpc) is 3.12. The molecule has 6 aliphatic carbocycles. The van der Waals surface area contributed by atoms with Gasteiger partial charge in [-0.1, -0.05) is 0 Å². The van der Waals surface area contributed by atoms with Crippen molar-refractivity contribution in [2.45, 2.75) is 70.6 Å². The Kier molecular flexibility index (Phi) is 0.892. The summed E-state index contributed by atoms with van der Waals surface area (Å²) in [5, 5.41) is 0. The maximum absolute atomic E-state index is 1.71. The molecule has 0 heterocycles. The van der Waals surface area contributed by atoms with Crippen LogP contribution >= 0.6 is 0 Å². The van der Waals surface area contributed by atoms with E-state index < -0.39 is 0 Å². The molecular weight excluding hydrogens is 192 g/mol. The van der Waals surface area contributed by atoms with Gasteiger partial charge in [-0.25, -0.2) is 0 Å². The van der Waals surface area contributed by atoms with Crippen molar-refractivity contribution < 1.29 is 0 Å². The molecular formula is C16H22. The second-order valence-electron chi connectivity index (χ2n) is 8.48. The molecule has 0 saturated heterocycles. The molecule has 0 nitrogen and oxygen atoms in total. The molecule has 0 bridgehead atoms. The highest BCUT2D eigenvalue weighted by Gasteiger charge is 2.96. The molecule has 0 aliphatic heterocycles. The van der Waals surface area contributed by atoms with E-state index in [1.807, 2.05) is 0 Å². The maximum Gasteiger partial charge on any atom is -0.0168 e. The van der Waals surface area contributed by atoms with Crippen molar-refractivity contribution in [3.05, 3.63) is 0 Å². The molecule has 0 aromatic carbocycles. The number of hydrogen-bond acceptors (Lipinski definition) is 0. The van der Waals surface area contributed by atoms with E-state index in [9.17, 15) is 0 Å². The average molecular weight is 214 g/mol. The molecule has 6 saturated carbocycles. The van der Waals surface area contributed by atoms with Gasteiger partial charge in [-0.15, -0.1) is 0 Å². The van der Waals surface area contributed by atoms with E-state index in [0.29, 0.717) is 0 Å². The first-order valence-corrected chi connectivity index (χ1v) is 7.74. The van der Waals surface area contributed by atoms with Crippen molar-refractivity contribution in [2.75, 3.05) is 0 Å². The summed E-state index contributed by atoms with van der Waals surface area (Å²) in [4.78, 5) is 0. The van der Waals surface area contributed by atoms with Crippen molar-refractivity contribution >= 4 is 0 Å². The van der Waals surface area contributed by atoms with Gasteiger partial charge in [0.25, 0.3) is 0 Å². The number of rotatable bonds is 0. The zero-order chi connectivity index (χ0) is 10.3. The molecule has 0 radical (unpaired) electrons. The van der Waals surface area contributed by atoms with Crippen LogP contribution < -0.4 is 0 Å². The Morgan fingerprint density at radius 1 is 0.375 bits per heavy atom. The van der Waals surface area contributed by atoms with Gasteiger partial charge >= 0.3 is 0 Å². The topological polar surface area (TPSA) is 0 Å². The van der Waals surface area contributed by atoms with Gasteiger partial charge in [0, 0.05) is 0 Å². The zero-order valence-corrected chi connectivity index (χ0v) is 10.3. The monoisotopic (exact) mass is 214 g/mol. The zero-order valence-electron chi connectivity index (χ0n) is 10.3. The second kappa shape index (κ2) is 1.75. The van der Waals surface area contributed by atoms with Crippen LogP contribution in [0.3, 0.4) is 0 Å². The molecule has 0 unspecified atom stereocenters. The fraction of sp³-hybridized carbons (Fsp3) is 1.00. The lowest BCUT2D eigenvalue weighted by molar-refractivity contribution is 0.101. The molecule has 6 fully saturated rings. The van der Waals surface area contributed by atoms with Crippen LogP contribution in [0.15, 0.2) is 0 Å². The lowest BCUT2D eigenvalue weighted by Crippen LogP contribution is -2.30. The minimum absolute atomic E-state index is 0.924. The molecule has 16 heavy (non-hydrogen) atoms. The quantitative estimate of drug-likeness (QED) is 0.564. The van der Waals surface area contributed by atoms with Gasteiger partial charge in [0.1, 0.15) is 0 Å². The van der Waals surface area contributed by atoms with E-state index in [4.69, 9.17) is 0 Å². The lowest BCUT2D eigenvalue weighted by atomic mass is 9.65. The van der Waals surface area contributed by atoms with Crippen LogP contribution in [0.1, 0.15) is 70.6 Å². The minimum atomic E-state index is 0.924. The van der Waals surface area contributed by atoms with Crippen LogP contribution in [0.5, 0.6) is 0 Å². The Balaban J connectivity index is 1.47. The van der Waals surface area contributed by atoms with E-state index in [1.54, 1.807) is 70.6 Å². The summed E-state index contributed by atoms with van der Waals surface area (Å²) >= 11 is 0. The Bertz CT molecular complexity index is 395. The van der Waals surface area contributed by atoms with Crippen LogP contribution in [0.4, 0.5) is 0 Å². The molecule has 0 heteroatoms. The summed E-state index contributed by atoms with van der Waals surface area (Å²) in [5.41, 5.74) is 4.71. The fourth-order valence-corrected chi connectivity index (χ4v) is 7.36. The third kappa shape index (κ3) is 0.527. The summed E-state index contributed by atoms with van der Waals surface area (Å²) < 4.78 is 0. The molecule has 0 aromatic rings. The summed E-state index contributed by atoms with van der Waals surface area (Å²) in [7, 11) is 0. The highest BCUT2D eigenvalue weighted by Crippen LogP contribution is 3.03. The van der Waals surface area contributed by atoms with Gasteiger partial charge in [-0.2, -0.15) is 0 Å². The van der Waals surface area contributed by atoms with Gasteiger partial charge < -0.3 is 0 Å². The van der Waals surface area contributed by atoms with E-state index in [0.717, 1.165) is 27.1 Å².